The fourth-order valence-electron chi connectivity index (χ4n) is 1.45. The lowest BCUT2D eigenvalue weighted by molar-refractivity contribution is 0.146. The zero-order valence-electron chi connectivity index (χ0n) is 7.27. The summed E-state index contributed by atoms with van der Waals surface area (Å²) in [6.07, 6.45) is 1.21. The first kappa shape index (κ1) is 8.97. The van der Waals surface area contributed by atoms with Gasteiger partial charge in [0.25, 0.3) is 0 Å². The quantitative estimate of drug-likeness (QED) is 0.739. The molecule has 0 aliphatic heterocycles. The van der Waals surface area contributed by atoms with Gasteiger partial charge in [0.05, 0.1) is 5.60 Å². The maximum Gasteiger partial charge on any atom is 0.133 e. The molecule has 0 heterocycles. The number of hydrogen-bond acceptors (Lipinski definition) is 1. The van der Waals surface area contributed by atoms with Crippen LogP contribution in [-0.2, 0) is 5.60 Å². The zero-order valence-corrected chi connectivity index (χ0v) is 8.03. The first-order valence-corrected chi connectivity index (χ1v) is 4.60. The number of halogens is 2. The van der Waals surface area contributed by atoms with E-state index in [4.69, 9.17) is 11.6 Å². The minimum absolute atomic E-state index is 0.272. The van der Waals surface area contributed by atoms with Crippen molar-refractivity contribution < 1.29 is 9.50 Å². The van der Waals surface area contributed by atoms with Crippen LogP contribution in [0.15, 0.2) is 12.1 Å². The van der Waals surface area contributed by atoms with Crippen molar-refractivity contribution in [3.8, 4) is 0 Å². The molecule has 0 radical (unpaired) electrons. The zero-order chi connectivity index (χ0) is 9.64. The summed E-state index contributed by atoms with van der Waals surface area (Å²) in [5, 5.41) is 10.1. The van der Waals surface area contributed by atoms with E-state index in [9.17, 15) is 9.50 Å². The van der Waals surface area contributed by atoms with E-state index >= 15 is 0 Å². The van der Waals surface area contributed by atoms with Crippen LogP contribution in [0.25, 0.3) is 0 Å². The van der Waals surface area contributed by atoms with E-state index < -0.39 is 5.60 Å². The van der Waals surface area contributed by atoms with E-state index in [0.717, 1.165) is 0 Å². The highest BCUT2D eigenvalue weighted by Gasteiger charge is 2.45. The van der Waals surface area contributed by atoms with Crippen LogP contribution in [0.2, 0.25) is 5.02 Å². The van der Waals surface area contributed by atoms with Crippen molar-refractivity contribution in [2.24, 2.45) is 0 Å². The van der Waals surface area contributed by atoms with Crippen molar-refractivity contribution in [1.82, 2.24) is 0 Å². The SMILES string of the molecule is Cc1ccc(Cl)c(C2(O)CC2)c1F. The van der Waals surface area contributed by atoms with Crippen LogP contribution in [0, 0.1) is 12.7 Å². The molecule has 70 valence electrons. The van der Waals surface area contributed by atoms with E-state index in [0.29, 0.717) is 23.4 Å². The van der Waals surface area contributed by atoms with Crippen LogP contribution >= 0.6 is 11.6 Å². The van der Waals surface area contributed by atoms with E-state index in [1.807, 2.05) is 0 Å². The number of benzene rings is 1. The summed E-state index contributed by atoms with van der Waals surface area (Å²) in [6.45, 7) is 1.67. The molecule has 0 saturated heterocycles. The van der Waals surface area contributed by atoms with Crippen LogP contribution in [0.5, 0.6) is 0 Å². The molecule has 0 spiro atoms. The summed E-state index contributed by atoms with van der Waals surface area (Å²) in [4.78, 5) is 0. The lowest BCUT2D eigenvalue weighted by Crippen LogP contribution is -2.09. The Labute approximate surface area is 81.1 Å². The molecule has 3 heteroatoms. The lowest BCUT2D eigenvalue weighted by atomic mass is 10.0. The predicted molar refractivity (Wildman–Crippen MR) is 49.3 cm³/mol. The molecular weight excluding hydrogens is 191 g/mol. The van der Waals surface area contributed by atoms with Crippen molar-refractivity contribution in [3.63, 3.8) is 0 Å². The fraction of sp³-hybridized carbons (Fsp3) is 0.400. The summed E-state index contributed by atoms with van der Waals surface area (Å²) in [7, 11) is 0. The van der Waals surface area contributed by atoms with Gasteiger partial charge in [0.2, 0.25) is 0 Å². The number of hydrogen-bond donors (Lipinski definition) is 1. The molecule has 0 bridgehead atoms. The third-order valence-corrected chi connectivity index (χ3v) is 2.79. The third-order valence-electron chi connectivity index (χ3n) is 2.47. The molecule has 1 N–H and O–H groups in total. The van der Waals surface area contributed by atoms with E-state index in [2.05, 4.69) is 0 Å². The Kier molecular flexibility index (Phi) is 1.86. The molecule has 1 aromatic rings. The lowest BCUT2D eigenvalue weighted by Gasteiger charge is -2.12. The van der Waals surface area contributed by atoms with E-state index in [1.54, 1.807) is 19.1 Å². The number of aliphatic hydroxyl groups is 1. The molecule has 0 aromatic heterocycles. The Balaban J connectivity index is 2.61. The molecule has 2 rings (SSSR count). The van der Waals surface area contributed by atoms with Gasteiger partial charge in [-0.3, -0.25) is 0 Å². The normalized spacial score (nSPS) is 18.8. The van der Waals surface area contributed by atoms with E-state index in [-0.39, 0.29) is 11.4 Å². The molecule has 1 aromatic carbocycles. The molecule has 13 heavy (non-hydrogen) atoms. The maximum absolute atomic E-state index is 13.6. The fourth-order valence-corrected chi connectivity index (χ4v) is 1.77. The summed E-state index contributed by atoms with van der Waals surface area (Å²) >= 11 is 5.83. The Bertz CT molecular complexity index is 358. The van der Waals surface area contributed by atoms with Gasteiger partial charge in [-0.2, -0.15) is 0 Å². The average Bonchev–Trinajstić information content (AvgIpc) is 2.78. The van der Waals surface area contributed by atoms with Crippen molar-refractivity contribution in [2.75, 3.05) is 0 Å². The molecule has 0 amide bonds. The monoisotopic (exact) mass is 200 g/mol. The largest absolute Gasteiger partial charge is 0.385 e. The van der Waals surface area contributed by atoms with Gasteiger partial charge in [0, 0.05) is 10.6 Å². The smallest absolute Gasteiger partial charge is 0.133 e. The van der Waals surface area contributed by atoms with Gasteiger partial charge < -0.3 is 5.11 Å². The second-order valence-electron chi connectivity index (χ2n) is 3.58. The Morgan fingerprint density at radius 1 is 1.46 bits per heavy atom. The molecule has 0 atom stereocenters. The van der Waals surface area contributed by atoms with E-state index in [1.165, 1.54) is 0 Å². The second-order valence-corrected chi connectivity index (χ2v) is 3.99. The highest BCUT2D eigenvalue weighted by molar-refractivity contribution is 6.31. The number of aryl methyl sites for hydroxylation is 1. The van der Waals surface area contributed by atoms with Gasteiger partial charge >= 0.3 is 0 Å². The van der Waals surface area contributed by atoms with Crippen molar-refractivity contribution in [2.45, 2.75) is 25.4 Å². The number of rotatable bonds is 1. The van der Waals surface area contributed by atoms with Gasteiger partial charge in [-0.15, -0.1) is 0 Å². The Hall–Kier alpha value is -0.600. The average molecular weight is 201 g/mol. The molecule has 1 saturated carbocycles. The van der Waals surface area contributed by atoms with Crippen LogP contribution < -0.4 is 0 Å². The van der Waals surface area contributed by atoms with Gasteiger partial charge in [0.15, 0.2) is 0 Å². The molecule has 0 unspecified atom stereocenters. The summed E-state index contributed by atoms with van der Waals surface area (Å²) < 4.78 is 13.6. The standard InChI is InChI=1S/C10H10ClFO/c1-6-2-3-7(11)8(9(6)12)10(13)4-5-10/h2-3,13H,4-5H2,1H3. The Morgan fingerprint density at radius 2 is 2.08 bits per heavy atom. The topological polar surface area (TPSA) is 20.2 Å². The van der Waals surface area contributed by atoms with Gasteiger partial charge in [-0.1, -0.05) is 17.7 Å². The second kappa shape index (κ2) is 2.69. The van der Waals surface area contributed by atoms with Crippen molar-refractivity contribution in [3.05, 3.63) is 34.1 Å². The first-order chi connectivity index (χ1) is 6.04. The summed E-state index contributed by atoms with van der Waals surface area (Å²) in [5.41, 5.74) is -0.193. The molecule has 1 nitrogen and oxygen atoms in total. The molecule has 1 aliphatic rings. The van der Waals surface area contributed by atoms with Gasteiger partial charge in [-0.05, 0) is 31.4 Å². The van der Waals surface area contributed by atoms with Crippen LogP contribution in [0.4, 0.5) is 4.39 Å². The van der Waals surface area contributed by atoms with Crippen LogP contribution in [-0.4, -0.2) is 5.11 Å². The molecule has 1 fully saturated rings. The van der Waals surface area contributed by atoms with Crippen molar-refractivity contribution in [1.29, 1.82) is 0 Å². The molecular formula is C10H10ClFO. The van der Waals surface area contributed by atoms with Gasteiger partial charge in [-0.25, -0.2) is 4.39 Å². The van der Waals surface area contributed by atoms with Crippen molar-refractivity contribution >= 4 is 11.6 Å². The summed E-state index contributed by atoms with van der Waals surface area (Å²) in [6, 6.07) is 3.25. The third kappa shape index (κ3) is 1.34. The molecule has 1 aliphatic carbocycles. The van der Waals surface area contributed by atoms with Crippen LogP contribution in [0.1, 0.15) is 24.0 Å². The van der Waals surface area contributed by atoms with Gasteiger partial charge in [0.1, 0.15) is 5.82 Å². The minimum Gasteiger partial charge on any atom is -0.385 e. The maximum atomic E-state index is 13.6. The highest BCUT2D eigenvalue weighted by atomic mass is 35.5. The summed E-state index contributed by atoms with van der Waals surface area (Å²) in [5.74, 6) is -0.368. The van der Waals surface area contributed by atoms with Crippen LogP contribution in [0.3, 0.4) is 0 Å². The Morgan fingerprint density at radius 3 is 2.62 bits per heavy atom. The highest BCUT2D eigenvalue weighted by Crippen LogP contribution is 2.49. The first-order valence-electron chi connectivity index (χ1n) is 4.22. The minimum atomic E-state index is -0.993. The predicted octanol–water partition coefficient (Wildman–Crippen LogP) is 2.77.